The zero-order valence-corrected chi connectivity index (χ0v) is 17.1. The van der Waals surface area contributed by atoms with Gasteiger partial charge >= 0.3 is 0 Å². The first-order valence-corrected chi connectivity index (χ1v) is 10.2. The predicted molar refractivity (Wildman–Crippen MR) is 120 cm³/mol. The van der Waals surface area contributed by atoms with Gasteiger partial charge in [-0.3, -0.25) is 9.69 Å². The minimum absolute atomic E-state index is 0.0544. The van der Waals surface area contributed by atoms with E-state index in [1.807, 2.05) is 48.5 Å². The number of carbonyl (C=O) groups excluding carboxylic acids is 1. The maximum Gasteiger partial charge on any atom is 0.267 e. The Kier molecular flexibility index (Phi) is 6.53. The first kappa shape index (κ1) is 19.5. The van der Waals surface area contributed by atoms with E-state index in [4.69, 9.17) is 12.2 Å². The first-order chi connectivity index (χ1) is 13.1. The molecule has 0 unspecified atom stereocenters. The van der Waals surface area contributed by atoms with Crippen molar-refractivity contribution in [2.75, 3.05) is 30.0 Å². The SMILES string of the molecule is CCN(CC)c1ccc(C=C2SC(=S)N(CNc3ccccc3)C2=O)cc1. The molecule has 0 saturated carbocycles. The molecule has 0 aromatic heterocycles. The number of hydrogen-bond donors (Lipinski definition) is 1. The molecule has 0 atom stereocenters. The summed E-state index contributed by atoms with van der Waals surface area (Å²) in [6, 6.07) is 18.1. The van der Waals surface area contributed by atoms with Crippen molar-refractivity contribution in [1.29, 1.82) is 0 Å². The lowest BCUT2D eigenvalue weighted by atomic mass is 10.1. The molecule has 1 amide bonds. The van der Waals surface area contributed by atoms with Crippen molar-refractivity contribution in [2.45, 2.75) is 13.8 Å². The van der Waals surface area contributed by atoms with E-state index in [-0.39, 0.29) is 5.91 Å². The number of benzene rings is 2. The molecule has 1 heterocycles. The second-order valence-electron chi connectivity index (χ2n) is 6.07. The molecule has 1 aliphatic rings. The van der Waals surface area contributed by atoms with Gasteiger partial charge in [-0.05, 0) is 49.8 Å². The van der Waals surface area contributed by atoms with Gasteiger partial charge in [-0.15, -0.1) is 0 Å². The van der Waals surface area contributed by atoms with Crippen LogP contribution in [0.25, 0.3) is 6.08 Å². The standard InChI is InChI=1S/C21H23N3OS2/c1-3-23(4-2)18-12-10-16(11-13-18)14-19-20(25)24(21(26)27-19)15-22-17-8-6-5-7-9-17/h5-14,22H,3-4,15H2,1-2H3. The van der Waals surface area contributed by atoms with Gasteiger partial charge in [0.25, 0.3) is 5.91 Å². The Labute approximate surface area is 170 Å². The summed E-state index contributed by atoms with van der Waals surface area (Å²) < 4.78 is 0.578. The maximum atomic E-state index is 12.7. The van der Waals surface area contributed by atoms with E-state index in [0.29, 0.717) is 15.9 Å². The third-order valence-electron chi connectivity index (χ3n) is 4.41. The van der Waals surface area contributed by atoms with Crippen molar-refractivity contribution >= 4 is 51.7 Å². The molecule has 1 saturated heterocycles. The van der Waals surface area contributed by atoms with Crippen molar-refractivity contribution in [1.82, 2.24) is 4.90 Å². The molecule has 6 heteroatoms. The summed E-state index contributed by atoms with van der Waals surface area (Å²) in [5, 5.41) is 3.24. The van der Waals surface area contributed by atoms with Crippen LogP contribution in [0.2, 0.25) is 0 Å². The summed E-state index contributed by atoms with van der Waals surface area (Å²) in [5.74, 6) is -0.0544. The van der Waals surface area contributed by atoms with E-state index in [1.165, 1.54) is 17.4 Å². The Balaban J connectivity index is 1.68. The molecule has 2 aromatic carbocycles. The summed E-state index contributed by atoms with van der Waals surface area (Å²) in [6.45, 7) is 6.61. The quantitative estimate of drug-likeness (QED) is 0.536. The van der Waals surface area contributed by atoms with Crippen LogP contribution in [0.4, 0.5) is 11.4 Å². The van der Waals surface area contributed by atoms with Gasteiger partial charge in [0.1, 0.15) is 4.32 Å². The number of nitrogens with zero attached hydrogens (tertiary/aromatic N) is 2. The molecule has 27 heavy (non-hydrogen) atoms. The molecule has 1 aliphatic heterocycles. The minimum atomic E-state index is -0.0544. The van der Waals surface area contributed by atoms with E-state index in [1.54, 1.807) is 4.90 Å². The molecule has 0 bridgehead atoms. The van der Waals surface area contributed by atoms with Crippen LogP contribution in [0, 0.1) is 0 Å². The fraction of sp³-hybridized carbons (Fsp3) is 0.238. The lowest BCUT2D eigenvalue weighted by Crippen LogP contribution is -2.33. The van der Waals surface area contributed by atoms with E-state index in [0.717, 1.165) is 24.3 Å². The largest absolute Gasteiger partial charge is 0.372 e. The van der Waals surface area contributed by atoms with Crippen LogP contribution in [0.3, 0.4) is 0 Å². The highest BCUT2D eigenvalue weighted by Gasteiger charge is 2.31. The molecule has 0 radical (unpaired) electrons. The lowest BCUT2D eigenvalue weighted by Gasteiger charge is -2.20. The Morgan fingerprint density at radius 1 is 1.07 bits per heavy atom. The molecule has 140 valence electrons. The third-order valence-corrected chi connectivity index (χ3v) is 5.79. The third kappa shape index (κ3) is 4.70. The van der Waals surface area contributed by atoms with Crippen molar-refractivity contribution in [3.05, 3.63) is 65.1 Å². The van der Waals surface area contributed by atoms with Gasteiger partial charge in [-0.1, -0.05) is 54.3 Å². The van der Waals surface area contributed by atoms with Gasteiger partial charge in [0.15, 0.2) is 0 Å². The first-order valence-electron chi connectivity index (χ1n) is 9.01. The fourth-order valence-electron chi connectivity index (χ4n) is 2.88. The van der Waals surface area contributed by atoms with Crippen molar-refractivity contribution in [3.63, 3.8) is 0 Å². The van der Waals surface area contributed by atoms with Crippen LogP contribution >= 0.6 is 24.0 Å². The maximum absolute atomic E-state index is 12.7. The van der Waals surface area contributed by atoms with Crippen molar-refractivity contribution in [2.24, 2.45) is 0 Å². The smallest absolute Gasteiger partial charge is 0.267 e. The summed E-state index contributed by atoms with van der Waals surface area (Å²) in [5.41, 5.74) is 3.15. The molecule has 0 spiro atoms. The summed E-state index contributed by atoms with van der Waals surface area (Å²) >= 11 is 6.74. The molecule has 1 N–H and O–H groups in total. The number of thiocarbonyl (C=S) groups is 1. The summed E-state index contributed by atoms with van der Waals surface area (Å²) in [7, 11) is 0. The molecule has 0 aliphatic carbocycles. The van der Waals surface area contributed by atoms with Crippen LogP contribution < -0.4 is 10.2 Å². The van der Waals surface area contributed by atoms with Crippen LogP contribution in [0.1, 0.15) is 19.4 Å². The topological polar surface area (TPSA) is 35.6 Å². The molecule has 3 rings (SSSR count). The Bertz CT molecular complexity index is 830. The van der Waals surface area contributed by atoms with Gasteiger partial charge < -0.3 is 10.2 Å². The molecular weight excluding hydrogens is 374 g/mol. The van der Waals surface area contributed by atoms with E-state index in [2.05, 4.69) is 36.2 Å². The molecular formula is C21H23N3OS2. The predicted octanol–water partition coefficient (Wildman–Crippen LogP) is 4.80. The van der Waals surface area contributed by atoms with E-state index >= 15 is 0 Å². The van der Waals surface area contributed by atoms with E-state index < -0.39 is 0 Å². The van der Waals surface area contributed by atoms with Crippen LogP contribution in [-0.4, -0.2) is 34.9 Å². The summed E-state index contributed by atoms with van der Waals surface area (Å²) in [6.07, 6.45) is 1.91. The Morgan fingerprint density at radius 3 is 2.37 bits per heavy atom. The zero-order chi connectivity index (χ0) is 19.2. The number of hydrogen-bond acceptors (Lipinski definition) is 5. The highest BCUT2D eigenvalue weighted by Crippen LogP contribution is 2.32. The Hall–Kier alpha value is -2.31. The molecule has 2 aromatic rings. The Morgan fingerprint density at radius 2 is 1.74 bits per heavy atom. The van der Waals surface area contributed by atoms with Gasteiger partial charge in [0.2, 0.25) is 0 Å². The van der Waals surface area contributed by atoms with Crippen LogP contribution in [-0.2, 0) is 4.79 Å². The monoisotopic (exact) mass is 397 g/mol. The van der Waals surface area contributed by atoms with Gasteiger partial charge in [0, 0.05) is 24.5 Å². The van der Waals surface area contributed by atoms with Gasteiger partial charge in [-0.25, -0.2) is 0 Å². The normalized spacial score (nSPS) is 15.5. The van der Waals surface area contributed by atoms with Crippen LogP contribution in [0.5, 0.6) is 0 Å². The number of carbonyl (C=O) groups is 1. The highest BCUT2D eigenvalue weighted by molar-refractivity contribution is 8.26. The fourth-order valence-corrected chi connectivity index (χ4v) is 4.14. The summed E-state index contributed by atoms with van der Waals surface area (Å²) in [4.78, 5) is 17.3. The van der Waals surface area contributed by atoms with Gasteiger partial charge in [0.05, 0.1) is 11.6 Å². The zero-order valence-electron chi connectivity index (χ0n) is 15.5. The van der Waals surface area contributed by atoms with Crippen molar-refractivity contribution < 1.29 is 4.79 Å². The second-order valence-corrected chi connectivity index (χ2v) is 7.75. The molecule has 4 nitrogen and oxygen atoms in total. The number of nitrogens with one attached hydrogen (secondary N) is 1. The average Bonchev–Trinajstić information content (AvgIpc) is 2.96. The number of para-hydroxylation sites is 1. The highest BCUT2D eigenvalue weighted by atomic mass is 32.2. The van der Waals surface area contributed by atoms with E-state index in [9.17, 15) is 4.79 Å². The average molecular weight is 398 g/mol. The lowest BCUT2D eigenvalue weighted by molar-refractivity contribution is -0.121. The molecule has 1 fully saturated rings. The van der Waals surface area contributed by atoms with Crippen LogP contribution in [0.15, 0.2) is 59.5 Å². The second kappa shape index (κ2) is 9.06. The number of rotatable bonds is 7. The number of anilines is 2. The number of thioether (sulfide) groups is 1. The number of amides is 1. The minimum Gasteiger partial charge on any atom is -0.372 e. The van der Waals surface area contributed by atoms with Crippen molar-refractivity contribution in [3.8, 4) is 0 Å². The van der Waals surface area contributed by atoms with Gasteiger partial charge in [-0.2, -0.15) is 0 Å².